The van der Waals surface area contributed by atoms with Crippen LogP contribution in [-0.2, 0) is 0 Å². The van der Waals surface area contributed by atoms with Gasteiger partial charge >= 0.3 is 0 Å². The SMILES string of the molecule is O=C(NCC1(CO)CCCC1)c1cc(Br)cn1C1CC1. The molecule has 1 aromatic heterocycles. The maximum absolute atomic E-state index is 12.4. The van der Waals surface area contributed by atoms with Crippen molar-refractivity contribution in [3.8, 4) is 0 Å². The number of nitrogens with zero attached hydrogens (tertiary/aromatic N) is 1. The number of aliphatic hydroxyl groups is 1. The van der Waals surface area contributed by atoms with E-state index in [1.807, 2.05) is 12.3 Å². The highest BCUT2D eigenvalue weighted by Crippen LogP contribution is 2.38. The molecular formula is C15H21BrN2O2. The van der Waals surface area contributed by atoms with Gasteiger partial charge < -0.3 is 15.0 Å². The summed E-state index contributed by atoms with van der Waals surface area (Å²) >= 11 is 3.45. The zero-order chi connectivity index (χ0) is 14.2. The lowest BCUT2D eigenvalue weighted by Gasteiger charge is -2.26. The van der Waals surface area contributed by atoms with Crippen LogP contribution in [0.1, 0.15) is 55.1 Å². The Morgan fingerprint density at radius 1 is 1.45 bits per heavy atom. The zero-order valence-corrected chi connectivity index (χ0v) is 13.2. The van der Waals surface area contributed by atoms with E-state index in [4.69, 9.17) is 0 Å². The molecule has 0 aliphatic heterocycles. The average Bonchev–Trinajstić information content (AvgIpc) is 3.06. The summed E-state index contributed by atoms with van der Waals surface area (Å²) in [7, 11) is 0. The molecular weight excluding hydrogens is 320 g/mol. The largest absolute Gasteiger partial charge is 0.396 e. The van der Waals surface area contributed by atoms with Gasteiger partial charge in [-0.05, 0) is 47.7 Å². The highest BCUT2D eigenvalue weighted by Gasteiger charge is 2.34. The van der Waals surface area contributed by atoms with Gasteiger partial charge in [-0.3, -0.25) is 4.79 Å². The minimum Gasteiger partial charge on any atom is -0.396 e. The molecule has 0 radical (unpaired) electrons. The van der Waals surface area contributed by atoms with Crippen LogP contribution in [0.2, 0.25) is 0 Å². The number of halogens is 1. The molecule has 2 aliphatic carbocycles. The molecule has 0 spiro atoms. The first-order valence-corrected chi connectivity index (χ1v) is 8.19. The third-order valence-electron chi connectivity index (χ3n) is 4.61. The zero-order valence-electron chi connectivity index (χ0n) is 11.6. The van der Waals surface area contributed by atoms with Crippen LogP contribution in [0.4, 0.5) is 0 Å². The molecule has 0 aromatic carbocycles. The van der Waals surface area contributed by atoms with Crippen molar-refractivity contribution in [2.45, 2.75) is 44.6 Å². The van der Waals surface area contributed by atoms with E-state index in [1.54, 1.807) is 0 Å². The molecule has 2 N–H and O–H groups in total. The number of carbonyl (C=O) groups excluding carboxylic acids is 1. The number of nitrogens with one attached hydrogen (secondary N) is 1. The lowest BCUT2D eigenvalue weighted by molar-refractivity contribution is 0.0872. The third kappa shape index (κ3) is 2.79. The maximum atomic E-state index is 12.4. The predicted molar refractivity (Wildman–Crippen MR) is 80.7 cm³/mol. The minimum atomic E-state index is -0.0934. The van der Waals surface area contributed by atoms with E-state index in [-0.39, 0.29) is 17.9 Å². The Bertz CT molecular complexity index is 502. The van der Waals surface area contributed by atoms with Crippen molar-refractivity contribution < 1.29 is 9.90 Å². The van der Waals surface area contributed by atoms with Crippen molar-refractivity contribution in [2.75, 3.05) is 13.2 Å². The van der Waals surface area contributed by atoms with E-state index in [1.165, 1.54) is 0 Å². The Labute approximate surface area is 127 Å². The molecule has 4 nitrogen and oxygen atoms in total. The summed E-state index contributed by atoms with van der Waals surface area (Å²) in [6.45, 7) is 0.746. The third-order valence-corrected chi connectivity index (χ3v) is 5.05. The second-order valence-corrected chi connectivity index (χ2v) is 7.15. The van der Waals surface area contributed by atoms with E-state index in [2.05, 4.69) is 25.8 Å². The van der Waals surface area contributed by atoms with Crippen molar-refractivity contribution >= 4 is 21.8 Å². The molecule has 2 fully saturated rings. The molecule has 1 aromatic rings. The van der Waals surface area contributed by atoms with Crippen molar-refractivity contribution in [1.29, 1.82) is 0 Å². The molecule has 1 amide bonds. The number of carbonyl (C=O) groups is 1. The molecule has 2 aliphatic rings. The van der Waals surface area contributed by atoms with Crippen molar-refractivity contribution in [1.82, 2.24) is 9.88 Å². The second-order valence-electron chi connectivity index (χ2n) is 6.23. The average molecular weight is 341 g/mol. The summed E-state index contributed by atoms with van der Waals surface area (Å²) in [6.07, 6.45) is 8.63. The number of hydrogen-bond acceptors (Lipinski definition) is 2. The maximum Gasteiger partial charge on any atom is 0.267 e. The van der Waals surface area contributed by atoms with Crippen LogP contribution in [0, 0.1) is 5.41 Å². The fraction of sp³-hybridized carbons (Fsp3) is 0.667. The fourth-order valence-corrected chi connectivity index (χ4v) is 3.59. The van der Waals surface area contributed by atoms with Gasteiger partial charge in [0.25, 0.3) is 5.91 Å². The van der Waals surface area contributed by atoms with E-state index < -0.39 is 0 Å². The molecule has 0 saturated heterocycles. The first kappa shape index (κ1) is 14.1. The fourth-order valence-electron chi connectivity index (χ4n) is 3.16. The van der Waals surface area contributed by atoms with Crippen LogP contribution in [-0.4, -0.2) is 28.7 Å². The van der Waals surface area contributed by atoms with Gasteiger partial charge in [-0.1, -0.05) is 12.8 Å². The number of aromatic nitrogens is 1. The first-order valence-electron chi connectivity index (χ1n) is 7.40. The van der Waals surface area contributed by atoms with Gasteiger partial charge in [0, 0.05) is 28.7 Å². The molecule has 110 valence electrons. The van der Waals surface area contributed by atoms with E-state index in [9.17, 15) is 9.90 Å². The topological polar surface area (TPSA) is 54.3 Å². The molecule has 0 unspecified atom stereocenters. The smallest absolute Gasteiger partial charge is 0.267 e. The Balaban J connectivity index is 1.67. The number of hydrogen-bond donors (Lipinski definition) is 2. The van der Waals surface area contributed by atoms with Crippen molar-refractivity contribution in [2.24, 2.45) is 5.41 Å². The summed E-state index contributed by atoms with van der Waals surface area (Å²) in [6, 6.07) is 2.37. The lowest BCUT2D eigenvalue weighted by Crippen LogP contribution is -2.38. The van der Waals surface area contributed by atoms with Gasteiger partial charge in [0.15, 0.2) is 0 Å². The molecule has 3 rings (SSSR count). The van der Waals surface area contributed by atoms with Crippen LogP contribution in [0.3, 0.4) is 0 Å². The molecule has 5 heteroatoms. The van der Waals surface area contributed by atoms with E-state index >= 15 is 0 Å². The molecule has 0 bridgehead atoms. The summed E-state index contributed by atoms with van der Waals surface area (Å²) in [5.74, 6) is -0.0256. The second kappa shape index (κ2) is 5.53. The van der Waals surface area contributed by atoms with E-state index in [0.717, 1.165) is 48.7 Å². The Morgan fingerprint density at radius 2 is 2.15 bits per heavy atom. The minimum absolute atomic E-state index is 0.0256. The van der Waals surface area contributed by atoms with Gasteiger partial charge in [0.05, 0.1) is 6.61 Å². The van der Waals surface area contributed by atoms with Crippen LogP contribution < -0.4 is 5.32 Å². The number of amides is 1. The standard InChI is InChI=1S/C15H21BrN2O2/c16-11-7-13(18(8-11)12-3-4-12)14(20)17-9-15(10-19)5-1-2-6-15/h7-8,12,19H,1-6,9-10H2,(H,17,20). The van der Waals surface area contributed by atoms with Crippen molar-refractivity contribution in [3.63, 3.8) is 0 Å². The van der Waals surface area contributed by atoms with Crippen LogP contribution in [0.25, 0.3) is 0 Å². The molecule has 20 heavy (non-hydrogen) atoms. The van der Waals surface area contributed by atoms with Gasteiger partial charge in [-0.25, -0.2) is 0 Å². The van der Waals surface area contributed by atoms with Gasteiger partial charge in [-0.15, -0.1) is 0 Å². The predicted octanol–water partition coefficient (Wildman–Crippen LogP) is 2.87. The van der Waals surface area contributed by atoms with Crippen LogP contribution >= 0.6 is 15.9 Å². The highest BCUT2D eigenvalue weighted by atomic mass is 79.9. The first-order chi connectivity index (χ1) is 9.63. The van der Waals surface area contributed by atoms with Gasteiger partial charge in [-0.2, -0.15) is 0 Å². The summed E-state index contributed by atoms with van der Waals surface area (Å²) < 4.78 is 3.02. The van der Waals surface area contributed by atoms with E-state index in [0.29, 0.717) is 12.6 Å². The Kier molecular flexibility index (Phi) is 3.91. The summed E-state index contributed by atoms with van der Waals surface area (Å²) in [4.78, 5) is 12.4. The van der Waals surface area contributed by atoms with Gasteiger partial charge in [0.2, 0.25) is 0 Å². The Hall–Kier alpha value is -0.810. The van der Waals surface area contributed by atoms with Gasteiger partial charge in [0.1, 0.15) is 5.69 Å². The monoisotopic (exact) mass is 340 g/mol. The van der Waals surface area contributed by atoms with Crippen LogP contribution in [0.5, 0.6) is 0 Å². The quantitative estimate of drug-likeness (QED) is 0.865. The molecule has 2 saturated carbocycles. The lowest BCUT2D eigenvalue weighted by atomic mass is 9.87. The highest BCUT2D eigenvalue weighted by molar-refractivity contribution is 9.10. The van der Waals surface area contributed by atoms with Crippen LogP contribution in [0.15, 0.2) is 16.7 Å². The molecule has 1 heterocycles. The normalized spacial score (nSPS) is 21.1. The number of rotatable bonds is 5. The summed E-state index contributed by atoms with van der Waals surface area (Å²) in [5.41, 5.74) is 0.634. The summed E-state index contributed by atoms with van der Waals surface area (Å²) in [5, 5.41) is 12.6. The Morgan fingerprint density at radius 3 is 2.75 bits per heavy atom. The number of aliphatic hydroxyl groups excluding tert-OH is 1. The molecule has 0 atom stereocenters. The van der Waals surface area contributed by atoms with Crippen molar-refractivity contribution in [3.05, 3.63) is 22.4 Å².